The molecule has 1 aromatic carbocycles. The maximum Gasteiger partial charge on any atom is 1.00 e. The molecular formula is C28H43ClNNaO3. The SMILES string of the molecule is CCCCCCCCCCCCCCCC[n+]1ccccc1.O=C(O)c1ccccc1[O-].[Cl-].[Na+]. The van der Waals surface area contributed by atoms with E-state index >= 15 is 0 Å². The minimum absolute atomic E-state index is 0. The number of hydrogen-bond acceptors (Lipinski definition) is 2. The van der Waals surface area contributed by atoms with Gasteiger partial charge in [-0.15, -0.1) is 0 Å². The summed E-state index contributed by atoms with van der Waals surface area (Å²) in [5.74, 6) is -1.62. The molecule has 0 spiro atoms. The topological polar surface area (TPSA) is 64.2 Å². The largest absolute Gasteiger partial charge is 1.00 e. The van der Waals surface area contributed by atoms with E-state index in [9.17, 15) is 9.90 Å². The molecule has 186 valence electrons. The third-order valence-corrected chi connectivity index (χ3v) is 5.66. The summed E-state index contributed by atoms with van der Waals surface area (Å²) in [5, 5.41) is 19.0. The monoisotopic (exact) mass is 499 g/mol. The number of aryl methyl sites for hydroxylation is 1. The third-order valence-electron chi connectivity index (χ3n) is 5.66. The quantitative estimate of drug-likeness (QED) is 0.212. The van der Waals surface area contributed by atoms with Crippen molar-refractivity contribution in [2.45, 2.75) is 103 Å². The van der Waals surface area contributed by atoms with E-state index in [1.54, 1.807) is 0 Å². The molecule has 0 amide bonds. The molecule has 0 saturated heterocycles. The molecule has 0 fully saturated rings. The molecule has 0 aliphatic rings. The van der Waals surface area contributed by atoms with Gasteiger partial charge in [0.15, 0.2) is 12.4 Å². The standard InChI is InChI=1S/C21H38N.C7H6O3.ClH.Na/c1-2-3-4-5-6-7-8-9-10-11-12-13-14-16-19-22-20-17-15-18-21-22;8-6-4-2-1-3-5(6)7(9)10;;/h15,17-18,20-21H,2-14,16,19H2,1H3;1-4,8H,(H,9,10);1H;/q+1;;;+1/p-2. The number of carbonyl (C=O) groups is 1. The molecule has 2 aromatic rings. The predicted octanol–water partition coefficient (Wildman–Crippen LogP) is 0.922. The van der Waals surface area contributed by atoms with Crippen LogP contribution in [0.15, 0.2) is 54.9 Å². The number of nitrogens with zero attached hydrogens (tertiary/aromatic N) is 1. The van der Waals surface area contributed by atoms with Crippen LogP contribution in [0.3, 0.4) is 0 Å². The summed E-state index contributed by atoms with van der Waals surface area (Å²) in [4.78, 5) is 10.2. The number of rotatable bonds is 16. The number of carboxylic acids is 1. The van der Waals surface area contributed by atoms with E-state index in [1.165, 1.54) is 121 Å². The van der Waals surface area contributed by atoms with Gasteiger partial charge in [-0.25, -0.2) is 9.36 Å². The van der Waals surface area contributed by atoms with E-state index in [0.717, 1.165) is 0 Å². The van der Waals surface area contributed by atoms with Crippen LogP contribution in [0.2, 0.25) is 0 Å². The summed E-state index contributed by atoms with van der Waals surface area (Å²) in [6.45, 7) is 3.47. The number of aromatic nitrogens is 1. The van der Waals surface area contributed by atoms with E-state index in [2.05, 4.69) is 42.1 Å². The van der Waals surface area contributed by atoms with Crippen LogP contribution < -0.4 is 51.6 Å². The maximum absolute atomic E-state index is 10.7. The Balaban J connectivity index is 0. The molecule has 0 unspecified atom stereocenters. The van der Waals surface area contributed by atoms with Gasteiger partial charge in [0.05, 0.1) is 5.56 Å². The second-order valence-electron chi connectivity index (χ2n) is 8.51. The van der Waals surface area contributed by atoms with Crippen LogP contribution in [0.5, 0.6) is 5.75 Å². The number of hydrogen-bond donors (Lipinski definition) is 1. The number of para-hydroxylation sites is 1. The van der Waals surface area contributed by atoms with Gasteiger partial charge >= 0.3 is 35.5 Å². The molecule has 1 aromatic heterocycles. The summed E-state index contributed by atoms with van der Waals surface area (Å²) in [5.41, 5.74) is -0.178. The van der Waals surface area contributed by atoms with E-state index in [4.69, 9.17) is 5.11 Å². The van der Waals surface area contributed by atoms with Gasteiger partial charge in [0.1, 0.15) is 6.54 Å². The van der Waals surface area contributed by atoms with Gasteiger partial charge in [-0.05, 0) is 12.5 Å². The van der Waals surface area contributed by atoms with Crippen LogP contribution >= 0.6 is 0 Å². The Hall–Kier alpha value is -1.07. The van der Waals surface area contributed by atoms with Crippen LogP contribution in [0.1, 0.15) is 107 Å². The molecule has 34 heavy (non-hydrogen) atoms. The Morgan fingerprint density at radius 3 is 1.59 bits per heavy atom. The summed E-state index contributed by atoms with van der Waals surface area (Å²) >= 11 is 0. The molecule has 4 nitrogen and oxygen atoms in total. The van der Waals surface area contributed by atoms with Crippen molar-refractivity contribution in [2.75, 3.05) is 0 Å². The Bertz CT molecular complexity index is 716. The first kappa shape index (κ1) is 35.1. The van der Waals surface area contributed by atoms with E-state index in [-0.39, 0.29) is 47.5 Å². The normalized spacial score (nSPS) is 9.79. The Labute approximate surface area is 235 Å². The Morgan fingerprint density at radius 1 is 0.735 bits per heavy atom. The number of carboxylic acid groups (broad SMARTS) is 1. The summed E-state index contributed by atoms with van der Waals surface area (Å²) in [6, 6.07) is 11.9. The van der Waals surface area contributed by atoms with Gasteiger partial charge in [-0.3, -0.25) is 0 Å². The van der Waals surface area contributed by atoms with E-state index in [1.807, 2.05) is 0 Å². The van der Waals surface area contributed by atoms with Crippen molar-refractivity contribution < 1.29 is 61.5 Å². The zero-order chi connectivity index (χ0) is 23.3. The first-order valence-corrected chi connectivity index (χ1v) is 12.6. The molecule has 0 bridgehead atoms. The maximum atomic E-state index is 10.7. The zero-order valence-corrected chi connectivity index (χ0v) is 24.1. The van der Waals surface area contributed by atoms with Crippen molar-refractivity contribution in [3.05, 3.63) is 60.4 Å². The van der Waals surface area contributed by atoms with Gasteiger partial charge in [0.2, 0.25) is 0 Å². The van der Waals surface area contributed by atoms with Crippen molar-refractivity contribution in [1.82, 2.24) is 0 Å². The van der Waals surface area contributed by atoms with Gasteiger partial charge in [0.25, 0.3) is 0 Å². The molecule has 0 aliphatic heterocycles. The number of unbranched alkanes of at least 4 members (excludes halogenated alkanes) is 13. The molecule has 0 saturated carbocycles. The van der Waals surface area contributed by atoms with E-state index < -0.39 is 11.7 Å². The van der Waals surface area contributed by atoms with E-state index in [0.29, 0.717) is 0 Å². The van der Waals surface area contributed by atoms with Crippen molar-refractivity contribution >= 4 is 5.97 Å². The fourth-order valence-corrected chi connectivity index (χ4v) is 3.72. The average Bonchev–Trinajstić information content (AvgIpc) is 2.80. The molecule has 0 aliphatic carbocycles. The number of benzene rings is 1. The molecule has 6 heteroatoms. The summed E-state index contributed by atoms with van der Waals surface area (Å²) in [6.07, 6.45) is 24.4. The fourth-order valence-electron chi connectivity index (χ4n) is 3.72. The van der Waals surface area contributed by atoms with Crippen LogP contribution in [0, 0.1) is 0 Å². The second kappa shape index (κ2) is 25.0. The Morgan fingerprint density at radius 2 is 1.18 bits per heavy atom. The number of pyridine rings is 1. The minimum Gasteiger partial charge on any atom is -1.00 e. The number of aromatic carboxylic acids is 1. The van der Waals surface area contributed by atoms with Crippen LogP contribution in [0.25, 0.3) is 0 Å². The van der Waals surface area contributed by atoms with Crippen LogP contribution in [-0.2, 0) is 6.54 Å². The fraction of sp³-hybridized carbons (Fsp3) is 0.571. The smallest absolute Gasteiger partial charge is 1.00 e. The van der Waals surface area contributed by atoms with Gasteiger partial charge in [0, 0.05) is 18.6 Å². The van der Waals surface area contributed by atoms with Crippen molar-refractivity contribution in [3.63, 3.8) is 0 Å². The first-order chi connectivity index (χ1) is 15.6. The average molecular weight is 500 g/mol. The Kier molecular flexibility index (Phi) is 25.8. The molecule has 2 rings (SSSR count). The van der Waals surface area contributed by atoms with Gasteiger partial charge < -0.3 is 22.6 Å². The molecule has 0 atom stereocenters. The van der Waals surface area contributed by atoms with Crippen molar-refractivity contribution in [1.29, 1.82) is 0 Å². The second-order valence-corrected chi connectivity index (χ2v) is 8.51. The van der Waals surface area contributed by atoms with Crippen LogP contribution in [-0.4, -0.2) is 11.1 Å². The summed E-state index contributed by atoms with van der Waals surface area (Å²) in [7, 11) is 0. The predicted molar refractivity (Wildman–Crippen MR) is 130 cm³/mol. The summed E-state index contributed by atoms with van der Waals surface area (Å²) < 4.78 is 2.29. The van der Waals surface area contributed by atoms with Gasteiger partial charge in [-0.2, -0.15) is 0 Å². The zero-order valence-electron chi connectivity index (χ0n) is 21.4. The molecule has 1 N–H and O–H groups in total. The van der Waals surface area contributed by atoms with Gasteiger partial charge in [-0.1, -0.05) is 114 Å². The number of halogens is 1. The third kappa shape index (κ3) is 19.3. The molecular weight excluding hydrogens is 457 g/mol. The van der Waals surface area contributed by atoms with Crippen LogP contribution in [0.4, 0.5) is 0 Å². The van der Waals surface area contributed by atoms with Crippen molar-refractivity contribution in [2.24, 2.45) is 0 Å². The first-order valence-electron chi connectivity index (χ1n) is 12.6. The molecule has 1 heterocycles. The molecule has 0 radical (unpaired) electrons. The van der Waals surface area contributed by atoms with Crippen molar-refractivity contribution in [3.8, 4) is 5.75 Å². The minimum atomic E-state index is -1.18.